The van der Waals surface area contributed by atoms with Gasteiger partial charge in [-0.3, -0.25) is 10.1 Å². The number of nitrogens with zero attached hydrogens (tertiary/aromatic N) is 2. The smallest absolute Gasteiger partial charge is 0.327 e. The molecule has 25 heavy (non-hydrogen) atoms. The van der Waals surface area contributed by atoms with Gasteiger partial charge in [-0.25, -0.2) is 4.98 Å². The first kappa shape index (κ1) is 16.8. The van der Waals surface area contributed by atoms with Gasteiger partial charge in [0, 0.05) is 23.1 Å². The molecule has 0 spiro atoms. The number of rotatable bonds is 6. The standard InChI is InChI=1S/C17H14FN3O3S/c1-24-13-7-14(18)16(21(22)23)15(8-13)19-9-12-10-25-17(20-12)11-5-3-2-4-6-11/h2-8,10,19H,9H2,1H3. The minimum absolute atomic E-state index is 0.0520. The Morgan fingerprint density at radius 3 is 2.76 bits per heavy atom. The van der Waals surface area contributed by atoms with Crippen LogP contribution in [0, 0.1) is 15.9 Å². The first-order valence-electron chi connectivity index (χ1n) is 7.34. The van der Waals surface area contributed by atoms with Gasteiger partial charge in [0.25, 0.3) is 0 Å². The molecule has 6 nitrogen and oxygen atoms in total. The summed E-state index contributed by atoms with van der Waals surface area (Å²) in [6.07, 6.45) is 0. The summed E-state index contributed by atoms with van der Waals surface area (Å²) in [6, 6.07) is 12.1. The average Bonchev–Trinajstić information content (AvgIpc) is 3.08. The molecule has 0 atom stereocenters. The molecule has 0 unspecified atom stereocenters. The fourth-order valence-corrected chi connectivity index (χ4v) is 3.13. The van der Waals surface area contributed by atoms with Gasteiger partial charge in [-0.1, -0.05) is 30.3 Å². The van der Waals surface area contributed by atoms with Crippen molar-refractivity contribution in [3.63, 3.8) is 0 Å². The van der Waals surface area contributed by atoms with Crippen molar-refractivity contribution in [2.24, 2.45) is 0 Å². The van der Waals surface area contributed by atoms with Crippen LogP contribution < -0.4 is 10.1 Å². The lowest BCUT2D eigenvalue weighted by Crippen LogP contribution is -2.05. The van der Waals surface area contributed by atoms with Gasteiger partial charge >= 0.3 is 5.69 Å². The molecule has 0 aliphatic rings. The van der Waals surface area contributed by atoms with E-state index in [4.69, 9.17) is 4.74 Å². The Balaban J connectivity index is 1.81. The average molecular weight is 359 g/mol. The highest BCUT2D eigenvalue weighted by molar-refractivity contribution is 7.13. The number of ether oxygens (including phenoxy) is 1. The molecule has 128 valence electrons. The minimum Gasteiger partial charge on any atom is -0.497 e. The lowest BCUT2D eigenvalue weighted by molar-refractivity contribution is -0.386. The quantitative estimate of drug-likeness (QED) is 0.519. The number of thiazole rings is 1. The Bertz CT molecular complexity index is 899. The van der Waals surface area contributed by atoms with Crippen LogP contribution in [0.25, 0.3) is 10.6 Å². The number of nitrogens with one attached hydrogen (secondary N) is 1. The SMILES string of the molecule is COc1cc(F)c([N+](=O)[O-])c(NCc2csc(-c3ccccc3)n2)c1. The molecule has 3 rings (SSSR count). The second kappa shape index (κ2) is 7.27. The van der Waals surface area contributed by atoms with Crippen molar-refractivity contribution < 1.29 is 14.1 Å². The number of aromatic nitrogens is 1. The summed E-state index contributed by atoms with van der Waals surface area (Å²) >= 11 is 1.48. The van der Waals surface area contributed by atoms with E-state index in [1.54, 1.807) is 0 Å². The van der Waals surface area contributed by atoms with E-state index < -0.39 is 16.4 Å². The monoisotopic (exact) mass is 359 g/mol. The third kappa shape index (κ3) is 3.74. The second-order valence-electron chi connectivity index (χ2n) is 5.13. The minimum atomic E-state index is -0.949. The third-order valence-electron chi connectivity index (χ3n) is 3.49. The first-order chi connectivity index (χ1) is 12.1. The summed E-state index contributed by atoms with van der Waals surface area (Å²) in [5, 5.41) is 16.7. The molecule has 0 bridgehead atoms. The maximum absolute atomic E-state index is 13.9. The van der Waals surface area contributed by atoms with Gasteiger partial charge in [0.15, 0.2) is 0 Å². The first-order valence-corrected chi connectivity index (χ1v) is 8.22. The number of nitro benzene ring substituents is 1. The predicted molar refractivity (Wildman–Crippen MR) is 94.5 cm³/mol. The molecule has 0 saturated heterocycles. The lowest BCUT2D eigenvalue weighted by Gasteiger charge is -2.08. The van der Waals surface area contributed by atoms with Crippen LogP contribution in [-0.4, -0.2) is 17.0 Å². The zero-order valence-corrected chi connectivity index (χ0v) is 14.0. The molecule has 0 fully saturated rings. The Morgan fingerprint density at radius 1 is 1.32 bits per heavy atom. The van der Waals surface area contributed by atoms with Crippen LogP contribution in [0.15, 0.2) is 47.8 Å². The van der Waals surface area contributed by atoms with Crippen molar-refractivity contribution in [3.05, 3.63) is 69.5 Å². The zero-order chi connectivity index (χ0) is 17.8. The number of hydrogen-bond acceptors (Lipinski definition) is 6. The molecule has 0 saturated carbocycles. The van der Waals surface area contributed by atoms with Crippen LogP contribution in [0.3, 0.4) is 0 Å². The van der Waals surface area contributed by atoms with E-state index in [-0.39, 0.29) is 18.0 Å². The van der Waals surface area contributed by atoms with Crippen molar-refractivity contribution in [2.75, 3.05) is 12.4 Å². The van der Waals surface area contributed by atoms with Gasteiger partial charge in [-0.15, -0.1) is 11.3 Å². The molecule has 0 aliphatic carbocycles. The maximum Gasteiger partial charge on any atom is 0.327 e. The normalized spacial score (nSPS) is 10.5. The Kier molecular flexibility index (Phi) is 4.90. The molecule has 1 heterocycles. The summed E-state index contributed by atoms with van der Waals surface area (Å²) in [7, 11) is 1.37. The number of methoxy groups -OCH3 is 1. The Labute approximate surface area is 147 Å². The van der Waals surface area contributed by atoms with Gasteiger partial charge in [0.2, 0.25) is 5.82 Å². The van der Waals surface area contributed by atoms with Crippen LogP contribution in [0.1, 0.15) is 5.69 Å². The predicted octanol–water partition coefficient (Wildman–Crippen LogP) is 4.48. The summed E-state index contributed by atoms with van der Waals surface area (Å²) in [5.41, 5.74) is 1.15. The molecular formula is C17H14FN3O3S. The van der Waals surface area contributed by atoms with Crippen LogP contribution in [-0.2, 0) is 6.54 Å². The molecule has 3 aromatic rings. The number of halogens is 1. The van der Waals surface area contributed by atoms with Crippen molar-refractivity contribution in [2.45, 2.75) is 6.54 Å². The Hall–Kier alpha value is -3.00. The maximum atomic E-state index is 13.9. The van der Waals surface area contributed by atoms with Gasteiger partial charge in [-0.2, -0.15) is 4.39 Å². The van der Waals surface area contributed by atoms with E-state index in [2.05, 4.69) is 10.3 Å². The highest BCUT2D eigenvalue weighted by Crippen LogP contribution is 2.33. The number of anilines is 1. The number of hydrogen-bond donors (Lipinski definition) is 1. The van der Waals surface area contributed by atoms with Crippen LogP contribution in [0.2, 0.25) is 0 Å². The highest BCUT2D eigenvalue weighted by atomic mass is 32.1. The van der Waals surface area contributed by atoms with E-state index in [9.17, 15) is 14.5 Å². The lowest BCUT2D eigenvalue weighted by atomic mass is 10.2. The van der Waals surface area contributed by atoms with Crippen LogP contribution >= 0.6 is 11.3 Å². The second-order valence-corrected chi connectivity index (χ2v) is 5.98. The highest BCUT2D eigenvalue weighted by Gasteiger charge is 2.22. The van der Waals surface area contributed by atoms with Crippen LogP contribution in [0.4, 0.5) is 15.8 Å². The van der Waals surface area contributed by atoms with E-state index in [1.807, 2.05) is 35.7 Å². The van der Waals surface area contributed by atoms with E-state index in [0.29, 0.717) is 5.69 Å². The number of nitro groups is 1. The van der Waals surface area contributed by atoms with E-state index in [0.717, 1.165) is 16.6 Å². The molecular weight excluding hydrogens is 345 g/mol. The summed E-state index contributed by atoms with van der Waals surface area (Å²) in [4.78, 5) is 14.9. The molecule has 2 aromatic carbocycles. The van der Waals surface area contributed by atoms with E-state index in [1.165, 1.54) is 24.5 Å². The molecule has 8 heteroatoms. The van der Waals surface area contributed by atoms with Crippen molar-refractivity contribution in [1.29, 1.82) is 0 Å². The molecule has 0 radical (unpaired) electrons. The van der Waals surface area contributed by atoms with Gasteiger partial charge < -0.3 is 10.1 Å². The van der Waals surface area contributed by atoms with Gasteiger partial charge in [0.05, 0.1) is 24.3 Å². The largest absolute Gasteiger partial charge is 0.497 e. The fraction of sp³-hybridized carbons (Fsp3) is 0.118. The molecule has 1 N–H and O–H groups in total. The molecule has 0 aliphatic heterocycles. The Morgan fingerprint density at radius 2 is 2.08 bits per heavy atom. The van der Waals surface area contributed by atoms with Crippen molar-refractivity contribution in [3.8, 4) is 16.3 Å². The van der Waals surface area contributed by atoms with Gasteiger partial charge in [-0.05, 0) is 0 Å². The third-order valence-corrected chi connectivity index (χ3v) is 4.43. The molecule has 1 aromatic heterocycles. The van der Waals surface area contributed by atoms with E-state index >= 15 is 0 Å². The fourth-order valence-electron chi connectivity index (χ4n) is 2.30. The topological polar surface area (TPSA) is 77.3 Å². The summed E-state index contributed by atoms with van der Waals surface area (Å²) < 4.78 is 18.9. The van der Waals surface area contributed by atoms with Crippen molar-refractivity contribution >= 4 is 22.7 Å². The molecule has 0 amide bonds. The van der Waals surface area contributed by atoms with Crippen molar-refractivity contribution in [1.82, 2.24) is 4.98 Å². The van der Waals surface area contributed by atoms with Crippen LogP contribution in [0.5, 0.6) is 5.75 Å². The summed E-state index contributed by atoms with van der Waals surface area (Å²) in [6.45, 7) is 0.233. The van der Waals surface area contributed by atoms with Gasteiger partial charge in [0.1, 0.15) is 16.4 Å². The number of benzene rings is 2. The zero-order valence-electron chi connectivity index (χ0n) is 13.2. The summed E-state index contributed by atoms with van der Waals surface area (Å²) in [5.74, 6) is -0.746.